The minimum absolute atomic E-state index is 0.247. The van der Waals surface area contributed by atoms with Crippen LogP contribution in [0.5, 0.6) is 0 Å². The normalized spacial score (nSPS) is 15.1. The fraction of sp³-hybridized carbons (Fsp3) is 0.350. The molecule has 25 heavy (non-hydrogen) atoms. The van der Waals surface area contributed by atoms with Crippen LogP contribution in [0, 0.1) is 0 Å². The lowest BCUT2D eigenvalue weighted by Crippen LogP contribution is -2.27. The van der Waals surface area contributed by atoms with Gasteiger partial charge in [0.1, 0.15) is 0 Å². The summed E-state index contributed by atoms with van der Waals surface area (Å²) < 4.78 is 2.00. The van der Waals surface area contributed by atoms with E-state index in [0.717, 1.165) is 40.8 Å². The number of carbonyl (C=O) groups is 1. The molecule has 3 heterocycles. The van der Waals surface area contributed by atoms with Crippen molar-refractivity contribution < 1.29 is 4.79 Å². The Morgan fingerprint density at radius 3 is 2.72 bits per heavy atom. The Bertz CT molecular complexity index is 909. The van der Waals surface area contributed by atoms with Gasteiger partial charge >= 0.3 is 0 Å². The summed E-state index contributed by atoms with van der Waals surface area (Å²) in [6.45, 7) is 2.64. The summed E-state index contributed by atoms with van der Waals surface area (Å²) in [5.41, 5.74) is 3.04. The molecule has 0 radical (unpaired) electrons. The predicted octanol–water partition coefficient (Wildman–Crippen LogP) is 2.84. The van der Waals surface area contributed by atoms with Gasteiger partial charge < -0.3 is 4.57 Å². The Morgan fingerprint density at radius 2 is 1.96 bits per heavy atom. The molecule has 0 spiro atoms. The van der Waals surface area contributed by atoms with Gasteiger partial charge in [0.15, 0.2) is 5.78 Å². The first-order valence-electron chi connectivity index (χ1n) is 8.78. The second-order valence-electron chi connectivity index (χ2n) is 6.83. The van der Waals surface area contributed by atoms with Crippen molar-refractivity contribution in [2.75, 3.05) is 19.6 Å². The molecule has 128 valence electrons. The summed E-state index contributed by atoms with van der Waals surface area (Å²) >= 11 is 0. The lowest BCUT2D eigenvalue weighted by Gasteiger charge is -2.13. The number of ketones is 1. The molecule has 0 atom stereocenters. The number of aromatic nitrogens is 3. The highest BCUT2D eigenvalue weighted by atomic mass is 16.1. The van der Waals surface area contributed by atoms with Crippen molar-refractivity contribution in [1.29, 1.82) is 0 Å². The molecule has 0 N–H and O–H groups in total. The molecule has 0 amide bonds. The van der Waals surface area contributed by atoms with E-state index in [-0.39, 0.29) is 5.78 Å². The van der Waals surface area contributed by atoms with E-state index in [1.807, 2.05) is 30.1 Å². The third-order valence-electron chi connectivity index (χ3n) is 4.87. The van der Waals surface area contributed by atoms with Crippen LogP contribution in [-0.4, -0.2) is 44.9 Å². The number of hydrogen-bond donors (Lipinski definition) is 0. The first-order chi connectivity index (χ1) is 12.2. The van der Waals surface area contributed by atoms with Crippen LogP contribution in [0.4, 0.5) is 0 Å². The summed E-state index contributed by atoms with van der Waals surface area (Å²) in [4.78, 5) is 23.2. The van der Waals surface area contributed by atoms with Crippen LogP contribution in [0.1, 0.15) is 18.5 Å². The number of Topliss-reactive ketones (excluding diaryl/α,β-unsaturated/α-hetero) is 1. The van der Waals surface area contributed by atoms with Gasteiger partial charge in [0.05, 0.1) is 31.2 Å². The maximum absolute atomic E-state index is 12.3. The van der Waals surface area contributed by atoms with Gasteiger partial charge in [-0.15, -0.1) is 0 Å². The molecule has 0 unspecified atom stereocenters. The Balaban J connectivity index is 1.56. The van der Waals surface area contributed by atoms with E-state index in [1.54, 1.807) is 6.33 Å². The maximum atomic E-state index is 12.3. The van der Waals surface area contributed by atoms with Crippen LogP contribution in [0.3, 0.4) is 0 Å². The highest BCUT2D eigenvalue weighted by molar-refractivity contribution is 5.88. The van der Waals surface area contributed by atoms with Crippen molar-refractivity contribution in [2.45, 2.75) is 19.3 Å². The molecule has 1 fully saturated rings. The fourth-order valence-corrected chi connectivity index (χ4v) is 3.53. The van der Waals surface area contributed by atoms with Crippen LogP contribution >= 0.6 is 0 Å². The van der Waals surface area contributed by atoms with Gasteiger partial charge in [-0.2, -0.15) is 0 Å². The van der Waals surface area contributed by atoms with Gasteiger partial charge in [-0.1, -0.05) is 12.1 Å². The van der Waals surface area contributed by atoms with E-state index >= 15 is 0 Å². The van der Waals surface area contributed by atoms with Crippen LogP contribution in [-0.2, 0) is 18.3 Å². The number of pyridine rings is 1. The van der Waals surface area contributed by atoms with Crippen molar-refractivity contribution in [3.05, 3.63) is 48.7 Å². The van der Waals surface area contributed by atoms with E-state index in [4.69, 9.17) is 0 Å². The molecule has 3 aromatic rings. The molecule has 0 saturated carbocycles. The average molecular weight is 334 g/mol. The van der Waals surface area contributed by atoms with Gasteiger partial charge in [0, 0.05) is 29.9 Å². The highest BCUT2D eigenvalue weighted by Gasteiger charge is 2.16. The molecule has 1 aliphatic heterocycles. The summed E-state index contributed by atoms with van der Waals surface area (Å²) in [6.07, 6.45) is 8.34. The quantitative estimate of drug-likeness (QED) is 0.720. The third-order valence-corrected chi connectivity index (χ3v) is 4.87. The number of fused-ring (bicyclic) bond motifs is 1. The number of hydrogen-bond acceptors (Lipinski definition) is 4. The molecular formula is C20H22N4O. The predicted molar refractivity (Wildman–Crippen MR) is 98.3 cm³/mol. The van der Waals surface area contributed by atoms with Crippen LogP contribution in [0.25, 0.3) is 22.0 Å². The van der Waals surface area contributed by atoms with Gasteiger partial charge in [-0.05, 0) is 43.5 Å². The summed E-state index contributed by atoms with van der Waals surface area (Å²) in [5.74, 6) is 0.247. The molecule has 5 heteroatoms. The first-order valence-corrected chi connectivity index (χ1v) is 8.78. The van der Waals surface area contributed by atoms with Gasteiger partial charge in [0.25, 0.3) is 0 Å². The maximum Gasteiger partial charge on any atom is 0.152 e. The topological polar surface area (TPSA) is 51.0 Å². The number of rotatable bonds is 5. The summed E-state index contributed by atoms with van der Waals surface area (Å²) in [5, 5.41) is 2.19. The molecule has 4 rings (SSSR count). The number of likely N-dealkylation sites (tertiary alicyclic amines) is 1. The number of aryl methyl sites for hydroxylation is 1. The van der Waals surface area contributed by atoms with Crippen LogP contribution in [0.2, 0.25) is 0 Å². The second kappa shape index (κ2) is 6.76. The van der Waals surface area contributed by atoms with Crippen molar-refractivity contribution in [3.63, 3.8) is 0 Å². The molecule has 1 aliphatic rings. The van der Waals surface area contributed by atoms with E-state index < -0.39 is 0 Å². The molecule has 0 aliphatic carbocycles. The number of carbonyl (C=O) groups excluding carboxylic acids is 1. The molecule has 1 saturated heterocycles. The number of imidazole rings is 1. The van der Waals surface area contributed by atoms with Crippen molar-refractivity contribution in [2.24, 2.45) is 7.05 Å². The highest BCUT2D eigenvalue weighted by Crippen LogP contribution is 2.24. The molecular weight excluding hydrogens is 312 g/mol. The van der Waals surface area contributed by atoms with Crippen molar-refractivity contribution in [1.82, 2.24) is 19.4 Å². The van der Waals surface area contributed by atoms with E-state index in [9.17, 15) is 4.79 Å². The van der Waals surface area contributed by atoms with Crippen molar-refractivity contribution in [3.8, 4) is 11.3 Å². The zero-order valence-corrected chi connectivity index (χ0v) is 14.5. The Labute approximate surface area is 147 Å². The van der Waals surface area contributed by atoms with E-state index in [0.29, 0.717) is 13.0 Å². The van der Waals surface area contributed by atoms with E-state index in [1.165, 1.54) is 12.8 Å². The zero-order chi connectivity index (χ0) is 17.2. The first kappa shape index (κ1) is 16.0. The minimum Gasteiger partial charge on any atom is -0.334 e. The molecule has 0 bridgehead atoms. The van der Waals surface area contributed by atoms with Crippen LogP contribution in [0.15, 0.2) is 43.0 Å². The van der Waals surface area contributed by atoms with Gasteiger partial charge in [-0.25, -0.2) is 4.98 Å². The molecule has 5 nitrogen and oxygen atoms in total. The lowest BCUT2D eigenvalue weighted by molar-refractivity contribution is -0.119. The lowest BCUT2D eigenvalue weighted by atomic mass is 10.0. The SMILES string of the molecule is Cn1cncc1-c1ccc2cnc(CC(=O)CN3CCCC3)cc2c1. The van der Waals surface area contributed by atoms with Crippen LogP contribution < -0.4 is 0 Å². The number of benzene rings is 1. The van der Waals surface area contributed by atoms with Gasteiger partial charge in [-0.3, -0.25) is 14.7 Å². The smallest absolute Gasteiger partial charge is 0.152 e. The Morgan fingerprint density at radius 1 is 1.12 bits per heavy atom. The average Bonchev–Trinajstić information content (AvgIpc) is 3.25. The number of nitrogens with zero attached hydrogens (tertiary/aromatic N) is 4. The molecule has 2 aromatic heterocycles. The second-order valence-corrected chi connectivity index (χ2v) is 6.83. The fourth-order valence-electron chi connectivity index (χ4n) is 3.53. The Hall–Kier alpha value is -2.53. The largest absolute Gasteiger partial charge is 0.334 e. The monoisotopic (exact) mass is 334 g/mol. The standard InChI is InChI=1S/C20H22N4O/c1-23-14-21-12-20(23)15-4-5-16-11-22-18(9-17(16)8-15)10-19(25)13-24-6-2-3-7-24/h4-5,8-9,11-12,14H,2-3,6-7,10,13H2,1H3. The molecule has 1 aromatic carbocycles. The Kier molecular flexibility index (Phi) is 4.32. The minimum atomic E-state index is 0.247. The van der Waals surface area contributed by atoms with E-state index in [2.05, 4.69) is 33.1 Å². The van der Waals surface area contributed by atoms with Crippen molar-refractivity contribution >= 4 is 16.6 Å². The summed E-state index contributed by atoms with van der Waals surface area (Å²) in [6, 6.07) is 8.33. The summed E-state index contributed by atoms with van der Waals surface area (Å²) in [7, 11) is 1.99. The third kappa shape index (κ3) is 3.46. The van der Waals surface area contributed by atoms with Gasteiger partial charge in [0.2, 0.25) is 0 Å². The zero-order valence-electron chi connectivity index (χ0n) is 14.5.